The van der Waals surface area contributed by atoms with Crippen LogP contribution in [0.5, 0.6) is 17.2 Å². The van der Waals surface area contributed by atoms with Crippen LogP contribution < -0.4 is 30.1 Å². The predicted octanol–water partition coefficient (Wildman–Crippen LogP) is 3.09. The van der Waals surface area contributed by atoms with Gasteiger partial charge in [0.05, 0.1) is 0 Å². The van der Waals surface area contributed by atoms with E-state index in [1.165, 1.54) is 15.9 Å². The van der Waals surface area contributed by atoms with Crippen molar-refractivity contribution in [3.8, 4) is 17.2 Å². The molecule has 5 heteroatoms. The van der Waals surface area contributed by atoms with Crippen LogP contribution in [0, 0.1) is 0 Å². The molecule has 0 aromatic heterocycles. The van der Waals surface area contributed by atoms with Crippen LogP contribution in [-0.2, 0) is 0 Å². The Balaban J connectivity index is 2.16. The van der Waals surface area contributed by atoms with E-state index in [4.69, 9.17) is 14.2 Å². The van der Waals surface area contributed by atoms with Crippen molar-refractivity contribution < 1.29 is 14.2 Å². The van der Waals surface area contributed by atoms with Crippen molar-refractivity contribution in [1.29, 1.82) is 0 Å². The summed E-state index contributed by atoms with van der Waals surface area (Å²) in [6, 6.07) is 24.9. The molecular formula is C21H21O3PSe. The van der Waals surface area contributed by atoms with Gasteiger partial charge in [-0.15, -0.1) is 0 Å². The van der Waals surface area contributed by atoms with Crippen molar-refractivity contribution in [2.75, 3.05) is 21.3 Å². The minimum absolute atomic E-state index is 0.852. The summed E-state index contributed by atoms with van der Waals surface area (Å²) in [5, 5.41) is 3.73. The molecule has 0 spiro atoms. The summed E-state index contributed by atoms with van der Waals surface area (Å²) in [5.41, 5.74) is -1.91. The number of rotatable bonds is 6. The maximum atomic E-state index is 5.32. The molecule has 0 aliphatic heterocycles. The molecule has 0 N–H and O–H groups in total. The van der Waals surface area contributed by atoms with Gasteiger partial charge in [-0.1, -0.05) is 0 Å². The number of benzene rings is 3. The number of hydrogen-bond acceptors (Lipinski definition) is 3. The zero-order valence-electron chi connectivity index (χ0n) is 15.0. The third-order valence-electron chi connectivity index (χ3n) is 4.31. The van der Waals surface area contributed by atoms with Crippen molar-refractivity contribution >= 4 is 36.5 Å². The molecule has 3 nitrogen and oxygen atoms in total. The minimum atomic E-state index is -1.91. The Hall–Kier alpha value is -1.99. The van der Waals surface area contributed by atoms with Crippen molar-refractivity contribution in [3.63, 3.8) is 0 Å². The van der Waals surface area contributed by atoms with Gasteiger partial charge >= 0.3 is 162 Å². The van der Waals surface area contributed by atoms with Crippen molar-refractivity contribution in [2.24, 2.45) is 0 Å². The molecule has 0 unspecified atom stereocenters. The first kappa shape index (κ1) is 18.8. The number of hydrogen-bond donors (Lipinski definition) is 0. The Morgan fingerprint density at radius 1 is 0.500 bits per heavy atom. The Labute approximate surface area is 162 Å². The number of methoxy groups -OCH3 is 3. The second-order valence-electron chi connectivity index (χ2n) is 5.70. The molecule has 0 saturated carbocycles. The summed E-state index contributed by atoms with van der Waals surface area (Å²) >= 11 is 3.54. The second-order valence-corrected chi connectivity index (χ2v) is 11.9. The van der Waals surface area contributed by atoms with Crippen molar-refractivity contribution in [3.05, 3.63) is 72.8 Å². The Bertz CT molecular complexity index is 781. The summed E-state index contributed by atoms with van der Waals surface area (Å²) in [4.78, 5) is 0. The van der Waals surface area contributed by atoms with E-state index < -0.39 is 5.51 Å². The molecule has 3 aromatic rings. The molecule has 0 saturated heterocycles. The van der Waals surface area contributed by atoms with Gasteiger partial charge in [0.2, 0.25) is 0 Å². The standard InChI is InChI=1S/C21H21O3PSe/c1-22-16-4-10-19(11-5-16)25(26,20-12-6-17(23-2)7-13-20)21-14-8-18(24-3)9-15-21/h4-15H,1-3H3. The maximum absolute atomic E-state index is 5.32. The fourth-order valence-electron chi connectivity index (χ4n) is 2.82. The first-order chi connectivity index (χ1) is 12.6. The zero-order chi connectivity index (χ0) is 18.6. The van der Waals surface area contributed by atoms with Crippen LogP contribution in [0.1, 0.15) is 0 Å². The van der Waals surface area contributed by atoms with Gasteiger partial charge in [0.15, 0.2) is 0 Å². The van der Waals surface area contributed by atoms with E-state index in [0.717, 1.165) is 17.2 Å². The molecule has 0 aliphatic carbocycles. The Morgan fingerprint density at radius 2 is 0.731 bits per heavy atom. The van der Waals surface area contributed by atoms with Gasteiger partial charge < -0.3 is 0 Å². The molecule has 0 radical (unpaired) electrons. The molecule has 3 aromatic carbocycles. The Kier molecular flexibility index (Phi) is 5.88. The second kappa shape index (κ2) is 8.14. The molecule has 134 valence electrons. The topological polar surface area (TPSA) is 27.7 Å². The summed E-state index contributed by atoms with van der Waals surface area (Å²) in [6.45, 7) is 0. The van der Waals surface area contributed by atoms with E-state index >= 15 is 0 Å². The molecule has 0 atom stereocenters. The normalized spacial score (nSPS) is 11.0. The molecule has 0 aliphatic rings. The van der Waals surface area contributed by atoms with Gasteiger partial charge in [0.25, 0.3) is 0 Å². The summed E-state index contributed by atoms with van der Waals surface area (Å²) in [6.07, 6.45) is 0. The molecule has 0 heterocycles. The molecule has 0 fully saturated rings. The molecule has 0 bridgehead atoms. The van der Waals surface area contributed by atoms with Crippen LogP contribution in [0.15, 0.2) is 72.8 Å². The van der Waals surface area contributed by atoms with Crippen LogP contribution in [0.3, 0.4) is 0 Å². The average molecular weight is 431 g/mol. The first-order valence-electron chi connectivity index (χ1n) is 8.15. The molecule has 0 amide bonds. The van der Waals surface area contributed by atoms with E-state index in [2.05, 4.69) is 51.5 Å². The average Bonchev–Trinajstić information content (AvgIpc) is 2.73. The van der Waals surface area contributed by atoms with Crippen LogP contribution in [0.4, 0.5) is 0 Å². The van der Waals surface area contributed by atoms with Crippen LogP contribution in [0.25, 0.3) is 0 Å². The predicted molar refractivity (Wildman–Crippen MR) is 111 cm³/mol. The van der Waals surface area contributed by atoms with E-state index in [1.54, 1.807) is 21.3 Å². The zero-order valence-corrected chi connectivity index (χ0v) is 17.6. The van der Waals surface area contributed by atoms with Crippen molar-refractivity contribution in [1.82, 2.24) is 0 Å². The van der Waals surface area contributed by atoms with Crippen molar-refractivity contribution in [2.45, 2.75) is 0 Å². The monoisotopic (exact) mass is 432 g/mol. The molecular weight excluding hydrogens is 410 g/mol. The third kappa shape index (κ3) is 3.59. The fraction of sp³-hybridized carbons (Fsp3) is 0.143. The van der Waals surface area contributed by atoms with E-state index in [1.807, 2.05) is 36.4 Å². The van der Waals surface area contributed by atoms with E-state index in [0.29, 0.717) is 0 Å². The van der Waals surface area contributed by atoms with Crippen LogP contribution in [-0.4, -0.2) is 36.4 Å². The van der Waals surface area contributed by atoms with Gasteiger partial charge in [-0.05, 0) is 0 Å². The SMILES string of the molecule is COc1ccc(P(=[Se])(c2ccc(OC)cc2)c2ccc(OC)cc2)cc1. The van der Waals surface area contributed by atoms with Crippen LogP contribution >= 0.6 is 5.51 Å². The van der Waals surface area contributed by atoms with Crippen LogP contribution in [0.2, 0.25) is 0 Å². The summed E-state index contributed by atoms with van der Waals surface area (Å²) < 4.78 is 16.0. The fourth-order valence-corrected chi connectivity index (χ4v) is 7.72. The van der Waals surface area contributed by atoms with E-state index in [9.17, 15) is 0 Å². The molecule has 26 heavy (non-hydrogen) atoms. The third-order valence-corrected chi connectivity index (χ3v) is 11.4. The van der Waals surface area contributed by atoms with Gasteiger partial charge in [0, 0.05) is 0 Å². The van der Waals surface area contributed by atoms with Gasteiger partial charge in [0.1, 0.15) is 0 Å². The quantitative estimate of drug-likeness (QED) is 0.444. The Morgan fingerprint density at radius 3 is 0.923 bits per heavy atom. The number of ether oxygens (including phenoxy) is 3. The summed E-state index contributed by atoms with van der Waals surface area (Å²) in [7, 11) is 5.05. The first-order valence-corrected chi connectivity index (χ1v) is 12.2. The van der Waals surface area contributed by atoms with E-state index in [-0.39, 0.29) is 0 Å². The van der Waals surface area contributed by atoms with Gasteiger partial charge in [-0.3, -0.25) is 0 Å². The van der Waals surface area contributed by atoms with Gasteiger partial charge in [-0.2, -0.15) is 0 Å². The molecule has 3 rings (SSSR count). The summed E-state index contributed by atoms with van der Waals surface area (Å²) in [5.74, 6) is 2.55. The van der Waals surface area contributed by atoms with Gasteiger partial charge in [-0.25, -0.2) is 0 Å².